The predicted molar refractivity (Wildman–Crippen MR) is 298 cm³/mol. The molecule has 6 heteroatoms. The van der Waals surface area contributed by atoms with Crippen molar-refractivity contribution in [1.82, 2.24) is 0 Å². The first kappa shape index (κ1) is 67.4. The van der Waals surface area contributed by atoms with Crippen LogP contribution in [0.3, 0.4) is 0 Å². The summed E-state index contributed by atoms with van der Waals surface area (Å²) in [6.45, 7) is 11.5. The Hall–Kier alpha value is -1.59. The van der Waals surface area contributed by atoms with Gasteiger partial charge in [-0.2, -0.15) is 0 Å². The Labute approximate surface area is 431 Å². The molecule has 0 radical (unpaired) electrons. The van der Waals surface area contributed by atoms with Crippen LogP contribution in [-0.2, 0) is 28.6 Å². The first-order chi connectivity index (χ1) is 33.7. The van der Waals surface area contributed by atoms with Crippen LogP contribution < -0.4 is 0 Å². The molecule has 1 atom stereocenters. The van der Waals surface area contributed by atoms with Gasteiger partial charge in [-0.05, 0) is 31.1 Å². The molecule has 410 valence electrons. The van der Waals surface area contributed by atoms with Gasteiger partial charge >= 0.3 is 17.9 Å². The Kier molecular flexibility index (Phi) is 54.4. The lowest BCUT2D eigenvalue weighted by Gasteiger charge is -2.18. The molecule has 0 N–H and O–H groups in total. The maximum absolute atomic E-state index is 12.9. The van der Waals surface area contributed by atoms with Crippen molar-refractivity contribution >= 4 is 17.9 Å². The minimum absolute atomic E-state index is 0.0619. The third-order valence-electron chi connectivity index (χ3n) is 14.5. The van der Waals surface area contributed by atoms with Gasteiger partial charge in [0.15, 0.2) is 6.10 Å². The molecule has 0 aromatic heterocycles. The van der Waals surface area contributed by atoms with Gasteiger partial charge in [-0.25, -0.2) is 0 Å². The van der Waals surface area contributed by atoms with E-state index in [2.05, 4.69) is 34.6 Å². The fourth-order valence-electron chi connectivity index (χ4n) is 9.76. The van der Waals surface area contributed by atoms with Gasteiger partial charge in [-0.1, -0.05) is 317 Å². The van der Waals surface area contributed by atoms with Crippen molar-refractivity contribution in [1.29, 1.82) is 0 Å². The molecule has 0 bridgehead atoms. The van der Waals surface area contributed by atoms with Crippen LogP contribution in [0.2, 0.25) is 0 Å². The quantitative estimate of drug-likeness (QED) is 0.0343. The molecule has 0 aromatic carbocycles. The molecule has 0 unspecified atom stereocenters. The first-order valence-electron chi connectivity index (χ1n) is 31.2. The molecule has 0 spiro atoms. The standard InChI is InChI=1S/C63H122O6/c1-6-7-8-9-10-11-12-13-16-23-28-33-38-43-48-53-61(64)67-56-60(57-68-62(65)54-49-44-39-34-29-24-20-19-22-27-32-37-42-47-52-59(4)5)69-63(66)55-50-45-40-35-30-25-18-15-14-17-21-26-31-36-41-46-51-58(2)3/h58-60H,6-57H2,1-5H3/t60-/m1/s1. The van der Waals surface area contributed by atoms with E-state index in [1.165, 1.54) is 244 Å². The maximum atomic E-state index is 12.9. The number of carbonyl (C=O) groups excluding carboxylic acids is 3. The lowest BCUT2D eigenvalue weighted by Crippen LogP contribution is -2.30. The van der Waals surface area contributed by atoms with Gasteiger partial charge < -0.3 is 14.2 Å². The summed E-state index contributed by atoms with van der Waals surface area (Å²) in [5.41, 5.74) is 0. The zero-order chi connectivity index (χ0) is 50.4. The second kappa shape index (κ2) is 55.7. The molecule has 0 aliphatic carbocycles. The van der Waals surface area contributed by atoms with E-state index < -0.39 is 6.10 Å². The van der Waals surface area contributed by atoms with Gasteiger partial charge in [0.1, 0.15) is 13.2 Å². The van der Waals surface area contributed by atoms with Crippen molar-refractivity contribution < 1.29 is 28.6 Å². The fraction of sp³-hybridized carbons (Fsp3) is 0.952. The second-order valence-corrected chi connectivity index (χ2v) is 22.6. The Morgan fingerprint density at radius 2 is 0.478 bits per heavy atom. The van der Waals surface area contributed by atoms with Crippen LogP contribution in [0.1, 0.15) is 356 Å². The number of hydrogen-bond donors (Lipinski definition) is 0. The van der Waals surface area contributed by atoms with Gasteiger partial charge in [0, 0.05) is 19.3 Å². The van der Waals surface area contributed by atoms with Crippen molar-refractivity contribution in [2.45, 2.75) is 362 Å². The Bertz CT molecular complexity index is 1060. The van der Waals surface area contributed by atoms with Gasteiger partial charge in [0.2, 0.25) is 0 Å². The van der Waals surface area contributed by atoms with E-state index in [0.29, 0.717) is 19.3 Å². The summed E-state index contributed by atoms with van der Waals surface area (Å²) in [4.78, 5) is 38.3. The molecular weight excluding hydrogens is 853 g/mol. The Morgan fingerprint density at radius 1 is 0.275 bits per heavy atom. The van der Waals surface area contributed by atoms with Crippen molar-refractivity contribution in [3.63, 3.8) is 0 Å². The zero-order valence-electron chi connectivity index (χ0n) is 47.5. The highest BCUT2D eigenvalue weighted by molar-refractivity contribution is 5.71. The van der Waals surface area contributed by atoms with E-state index >= 15 is 0 Å². The second-order valence-electron chi connectivity index (χ2n) is 22.6. The normalized spacial score (nSPS) is 12.0. The van der Waals surface area contributed by atoms with Crippen molar-refractivity contribution in [2.24, 2.45) is 11.8 Å². The summed E-state index contributed by atoms with van der Waals surface area (Å²) in [5.74, 6) is 0.864. The van der Waals surface area contributed by atoms with Crippen LogP contribution in [0.4, 0.5) is 0 Å². The van der Waals surface area contributed by atoms with Gasteiger partial charge in [-0.15, -0.1) is 0 Å². The summed E-state index contributed by atoms with van der Waals surface area (Å²) >= 11 is 0. The van der Waals surface area contributed by atoms with E-state index in [9.17, 15) is 14.4 Å². The van der Waals surface area contributed by atoms with Crippen LogP contribution in [0.15, 0.2) is 0 Å². The van der Waals surface area contributed by atoms with Crippen molar-refractivity contribution in [3.05, 3.63) is 0 Å². The molecule has 0 heterocycles. The number of ether oxygens (including phenoxy) is 3. The van der Waals surface area contributed by atoms with Crippen molar-refractivity contribution in [3.8, 4) is 0 Å². The molecule has 0 aromatic rings. The SMILES string of the molecule is CCCCCCCCCCCCCCCCCC(=O)OC[C@H](COC(=O)CCCCCCCCCCCCCCCCC(C)C)OC(=O)CCCCCCCCCCCCCCCCCCC(C)C. The summed E-state index contributed by atoms with van der Waals surface area (Å²) in [6, 6.07) is 0. The maximum Gasteiger partial charge on any atom is 0.306 e. The average Bonchev–Trinajstić information content (AvgIpc) is 3.32. The molecule has 6 nitrogen and oxygen atoms in total. The van der Waals surface area contributed by atoms with Gasteiger partial charge in [-0.3, -0.25) is 14.4 Å². The number of unbranched alkanes of at least 4 members (excludes halogenated alkanes) is 42. The van der Waals surface area contributed by atoms with Crippen LogP contribution in [-0.4, -0.2) is 37.2 Å². The van der Waals surface area contributed by atoms with Crippen LogP contribution in [0.5, 0.6) is 0 Å². The van der Waals surface area contributed by atoms with E-state index in [1.54, 1.807) is 0 Å². The third kappa shape index (κ3) is 57.2. The first-order valence-corrected chi connectivity index (χ1v) is 31.2. The molecular formula is C63H122O6. The minimum Gasteiger partial charge on any atom is -0.462 e. The van der Waals surface area contributed by atoms with Crippen LogP contribution in [0, 0.1) is 11.8 Å². The van der Waals surface area contributed by atoms with Gasteiger partial charge in [0.25, 0.3) is 0 Å². The highest BCUT2D eigenvalue weighted by Gasteiger charge is 2.19. The number of esters is 3. The summed E-state index contributed by atoms with van der Waals surface area (Å²) in [7, 11) is 0. The van der Waals surface area contributed by atoms with E-state index in [4.69, 9.17) is 14.2 Å². The van der Waals surface area contributed by atoms with Crippen LogP contribution in [0.25, 0.3) is 0 Å². The minimum atomic E-state index is -0.763. The van der Waals surface area contributed by atoms with E-state index in [-0.39, 0.29) is 31.1 Å². The summed E-state index contributed by atoms with van der Waals surface area (Å²) < 4.78 is 16.9. The molecule has 0 aliphatic rings. The smallest absolute Gasteiger partial charge is 0.306 e. The molecule has 0 rings (SSSR count). The monoisotopic (exact) mass is 975 g/mol. The van der Waals surface area contributed by atoms with E-state index in [1.807, 2.05) is 0 Å². The zero-order valence-corrected chi connectivity index (χ0v) is 47.5. The highest BCUT2D eigenvalue weighted by atomic mass is 16.6. The number of hydrogen-bond acceptors (Lipinski definition) is 6. The number of carbonyl (C=O) groups is 3. The molecule has 0 fully saturated rings. The Morgan fingerprint density at radius 3 is 0.710 bits per heavy atom. The summed E-state index contributed by atoms with van der Waals surface area (Å²) in [5, 5.41) is 0. The molecule has 0 saturated carbocycles. The number of rotatable bonds is 57. The lowest BCUT2D eigenvalue weighted by molar-refractivity contribution is -0.167. The molecule has 0 saturated heterocycles. The third-order valence-corrected chi connectivity index (χ3v) is 14.5. The van der Waals surface area contributed by atoms with E-state index in [0.717, 1.165) is 69.6 Å². The highest BCUT2D eigenvalue weighted by Crippen LogP contribution is 2.19. The fourth-order valence-corrected chi connectivity index (χ4v) is 9.76. The molecule has 69 heavy (non-hydrogen) atoms. The summed E-state index contributed by atoms with van der Waals surface area (Å²) in [6.07, 6.45) is 61.0. The largest absolute Gasteiger partial charge is 0.462 e. The lowest BCUT2D eigenvalue weighted by atomic mass is 10.0. The topological polar surface area (TPSA) is 78.9 Å². The van der Waals surface area contributed by atoms with Gasteiger partial charge in [0.05, 0.1) is 0 Å². The van der Waals surface area contributed by atoms with Crippen LogP contribution >= 0.6 is 0 Å². The predicted octanol–water partition coefficient (Wildman–Crippen LogP) is 20.8. The molecule has 0 amide bonds. The Balaban J connectivity index is 4.29. The average molecular weight is 976 g/mol. The molecule has 0 aliphatic heterocycles. The van der Waals surface area contributed by atoms with Crippen molar-refractivity contribution in [2.75, 3.05) is 13.2 Å².